The molecule has 0 saturated carbocycles. The molecule has 0 amide bonds. The average Bonchev–Trinajstić information content (AvgIpc) is 2.83. The molecular formula is C11H14N4O. The SMILES string of the molecule is COc1ccc(CNCc2ncc[nH]2)cn1. The van der Waals surface area contributed by atoms with Crippen LogP contribution >= 0.6 is 0 Å². The summed E-state index contributed by atoms with van der Waals surface area (Å²) in [6.45, 7) is 1.48. The van der Waals surface area contributed by atoms with Gasteiger partial charge in [0.2, 0.25) is 5.88 Å². The lowest BCUT2D eigenvalue weighted by Gasteiger charge is -2.03. The van der Waals surface area contributed by atoms with Crippen LogP contribution in [-0.4, -0.2) is 22.1 Å². The van der Waals surface area contributed by atoms with Crippen molar-refractivity contribution in [3.8, 4) is 5.88 Å². The number of aromatic nitrogens is 3. The summed E-state index contributed by atoms with van der Waals surface area (Å²) >= 11 is 0. The van der Waals surface area contributed by atoms with Crippen LogP contribution in [-0.2, 0) is 13.1 Å². The molecule has 0 spiro atoms. The van der Waals surface area contributed by atoms with Gasteiger partial charge in [-0.3, -0.25) is 0 Å². The highest BCUT2D eigenvalue weighted by molar-refractivity contribution is 5.17. The zero-order valence-corrected chi connectivity index (χ0v) is 9.10. The summed E-state index contributed by atoms with van der Waals surface area (Å²) in [5.41, 5.74) is 1.12. The molecule has 0 saturated heterocycles. The zero-order valence-electron chi connectivity index (χ0n) is 9.10. The number of hydrogen-bond donors (Lipinski definition) is 2. The van der Waals surface area contributed by atoms with E-state index in [1.807, 2.05) is 18.3 Å². The van der Waals surface area contributed by atoms with Gasteiger partial charge < -0.3 is 15.0 Å². The molecule has 0 aromatic carbocycles. The second-order valence-corrected chi connectivity index (χ2v) is 3.35. The molecule has 16 heavy (non-hydrogen) atoms. The highest BCUT2D eigenvalue weighted by Crippen LogP contribution is 2.06. The summed E-state index contributed by atoms with van der Waals surface area (Å²) in [4.78, 5) is 11.3. The summed E-state index contributed by atoms with van der Waals surface area (Å²) < 4.78 is 4.99. The molecule has 0 aliphatic carbocycles. The average molecular weight is 218 g/mol. The molecule has 0 aliphatic rings. The number of imidazole rings is 1. The van der Waals surface area contributed by atoms with Gasteiger partial charge in [0, 0.05) is 31.2 Å². The van der Waals surface area contributed by atoms with Crippen LogP contribution in [0.15, 0.2) is 30.7 Å². The molecule has 0 bridgehead atoms. The minimum Gasteiger partial charge on any atom is -0.481 e. The third kappa shape index (κ3) is 2.80. The van der Waals surface area contributed by atoms with Crippen molar-refractivity contribution in [3.05, 3.63) is 42.1 Å². The number of methoxy groups -OCH3 is 1. The summed E-state index contributed by atoms with van der Waals surface area (Å²) in [7, 11) is 1.61. The molecule has 5 heteroatoms. The Labute approximate surface area is 93.9 Å². The second kappa shape index (κ2) is 5.27. The quantitative estimate of drug-likeness (QED) is 0.789. The molecule has 0 atom stereocenters. The maximum atomic E-state index is 4.99. The van der Waals surface area contributed by atoms with Crippen molar-refractivity contribution in [1.82, 2.24) is 20.3 Å². The number of rotatable bonds is 5. The van der Waals surface area contributed by atoms with Gasteiger partial charge >= 0.3 is 0 Å². The van der Waals surface area contributed by atoms with E-state index >= 15 is 0 Å². The van der Waals surface area contributed by atoms with Crippen LogP contribution in [0.1, 0.15) is 11.4 Å². The lowest BCUT2D eigenvalue weighted by atomic mass is 10.3. The van der Waals surface area contributed by atoms with Gasteiger partial charge in [-0.2, -0.15) is 0 Å². The van der Waals surface area contributed by atoms with Gasteiger partial charge in [-0.05, 0) is 5.56 Å². The van der Waals surface area contributed by atoms with Crippen molar-refractivity contribution >= 4 is 0 Å². The fourth-order valence-corrected chi connectivity index (χ4v) is 1.36. The van der Waals surface area contributed by atoms with Crippen molar-refractivity contribution in [2.75, 3.05) is 7.11 Å². The van der Waals surface area contributed by atoms with Crippen molar-refractivity contribution in [1.29, 1.82) is 0 Å². The molecule has 0 fully saturated rings. The molecule has 0 aliphatic heterocycles. The van der Waals surface area contributed by atoms with E-state index in [1.165, 1.54) is 0 Å². The lowest BCUT2D eigenvalue weighted by molar-refractivity contribution is 0.397. The number of pyridine rings is 1. The van der Waals surface area contributed by atoms with Crippen LogP contribution in [0.2, 0.25) is 0 Å². The first-order valence-corrected chi connectivity index (χ1v) is 5.06. The fraction of sp³-hybridized carbons (Fsp3) is 0.273. The fourth-order valence-electron chi connectivity index (χ4n) is 1.36. The van der Waals surface area contributed by atoms with Gasteiger partial charge in [0.1, 0.15) is 5.82 Å². The Kier molecular flexibility index (Phi) is 3.50. The molecule has 2 heterocycles. The Balaban J connectivity index is 1.81. The van der Waals surface area contributed by atoms with E-state index in [1.54, 1.807) is 19.5 Å². The normalized spacial score (nSPS) is 10.3. The largest absolute Gasteiger partial charge is 0.481 e. The van der Waals surface area contributed by atoms with E-state index in [4.69, 9.17) is 4.74 Å². The Morgan fingerprint density at radius 1 is 1.31 bits per heavy atom. The molecule has 84 valence electrons. The van der Waals surface area contributed by atoms with Crippen molar-refractivity contribution in [2.24, 2.45) is 0 Å². The highest BCUT2D eigenvalue weighted by atomic mass is 16.5. The Bertz CT molecular complexity index is 410. The van der Waals surface area contributed by atoms with Crippen LogP contribution in [0.5, 0.6) is 5.88 Å². The van der Waals surface area contributed by atoms with Crippen molar-refractivity contribution < 1.29 is 4.74 Å². The second-order valence-electron chi connectivity index (χ2n) is 3.35. The molecule has 2 rings (SSSR count). The standard InChI is InChI=1S/C11H14N4O/c1-16-11-3-2-9(7-15-11)6-12-8-10-13-4-5-14-10/h2-5,7,12H,6,8H2,1H3,(H,13,14). The van der Waals surface area contributed by atoms with Gasteiger partial charge in [0.25, 0.3) is 0 Å². The summed E-state index contributed by atoms with van der Waals surface area (Å²) in [6.07, 6.45) is 5.35. The summed E-state index contributed by atoms with van der Waals surface area (Å²) in [5, 5.41) is 3.27. The van der Waals surface area contributed by atoms with Gasteiger partial charge in [0.15, 0.2) is 0 Å². The monoisotopic (exact) mass is 218 g/mol. The molecule has 2 aromatic heterocycles. The van der Waals surface area contributed by atoms with Crippen LogP contribution < -0.4 is 10.1 Å². The summed E-state index contributed by atoms with van der Waals surface area (Å²) in [5.74, 6) is 1.57. The van der Waals surface area contributed by atoms with E-state index in [9.17, 15) is 0 Å². The maximum absolute atomic E-state index is 4.99. The number of aromatic amines is 1. The number of nitrogens with zero attached hydrogens (tertiary/aromatic N) is 2. The van der Waals surface area contributed by atoms with E-state index in [0.29, 0.717) is 5.88 Å². The lowest BCUT2D eigenvalue weighted by Crippen LogP contribution is -2.13. The predicted octanol–water partition coefficient (Wildman–Crippen LogP) is 1.10. The third-order valence-electron chi connectivity index (χ3n) is 2.18. The van der Waals surface area contributed by atoms with Gasteiger partial charge in [0.05, 0.1) is 13.7 Å². The van der Waals surface area contributed by atoms with E-state index in [0.717, 1.165) is 24.5 Å². The van der Waals surface area contributed by atoms with Crippen LogP contribution in [0.3, 0.4) is 0 Å². The minimum absolute atomic E-state index is 0.634. The Morgan fingerprint density at radius 3 is 2.88 bits per heavy atom. The van der Waals surface area contributed by atoms with Gasteiger partial charge in [-0.25, -0.2) is 9.97 Å². The summed E-state index contributed by atoms with van der Waals surface area (Å²) in [6, 6.07) is 3.84. The minimum atomic E-state index is 0.634. The highest BCUT2D eigenvalue weighted by Gasteiger charge is 1.97. The van der Waals surface area contributed by atoms with E-state index in [2.05, 4.69) is 20.3 Å². The van der Waals surface area contributed by atoms with Crippen LogP contribution in [0.25, 0.3) is 0 Å². The van der Waals surface area contributed by atoms with Crippen molar-refractivity contribution in [2.45, 2.75) is 13.1 Å². The predicted molar refractivity (Wildman–Crippen MR) is 59.9 cm³/mol. The Morgan fingerprint density at radius 2 is 2.25 bits per heavy atom. The smallest absolute Gasteiger partial charge is 0.212 e. The number of nitrogens with one attached hydrogen (secondary N) is 2. The molecule has 2 N–H and O–H groups in total. The number of ether oxygens (including phenoxy) is 1. The van der Waals surface area contributed by atoms with E-state index in [-0.39, 0.29) is 0 Å². The molecule has 0 unspecified atom stereocenters. The first-order chi connectivity index (χ1) is 7.88. The number of H-pyrrole nitrogens is 1. The molecule has 2 aromatic rings. The third-order valence-corrected chi connectivity index (χ3v) is 2.18. The molecule has 5 nitrogen and oxygen atoms in total. The maximum Gasteiger partial charge on any atom is 0.212 e. The van der Waals surface area contributed by atoms with Crippen molar-refractivity contribution in [3.63, 3.8) is 0 Å². The van der Waals surface area contributed by atoms with Gasteiger partial charge in [-0.1, -0.05) is 6.07 Å². The Hall–Kier alpha value is -1.88. The molecule has 0 radical (unpaired) electrons. The first kappa shape index (κ1) is 10.6. The zero-order chi connectivity index (χ0) is 11.2. The number of hydrogen-bond acceptors (Lipinski definition) is 4. The first-order valence-electron chi connectivity index (χ1n) is 5.06. The topological polar surface area (TPSA) is 62.8 Å². The van der Waals surface area contributed by atoms with Crippen LogP contribution in [0, 0.1) is 0 Å². The van der Waals surface area contributed by atoms with E-state index < -0.39 is 0 Å². The molecular weight excluding hydrogens is 204 g/mol. The van der Waals surface area contributed by atoms with Crippen LogP contribution in [0.4, 0.5) is 0 Å². The van der Waals surface area contributed by atoms with Gasteiger partial charge in [-0.15, -0.1) is 0 Å².